The molecule has 0 aliphatic carbocycles. The van der Waals surface area contributed by atoms with Crippen molar-refractivity contribution in [3.63, 3.8) is 0 Å². The third-order valence-electron chi connectivity index (χ3n) is 2.09. The van der Waals surface area contributed by atoms with E-state index in [1.54, 1.807) is 19.1 Å². The fourth-order valence-electron chi connectivity index (χ4n) is 1.17. The maximum absolute atomic E-state index is 12.4. The van der Waals surface area contributed by atoms with Crippen molar-refractivity contribution in [1.82, 2.24) is 0 Å². The van der Waals surface area contributed by atoms with Crippen LogP contribution in [0.1, 0.15) is 25.8 Å². The van der Waals surface area contributed by atoms with Crippen LogP contribution in [0.25, 0.3) is 0 Å². The Morgan fingerprint density at radius 3 is 2.73 bits per heavy atom. The summed E-state index contributed by atoms with van der Waals surface area (Å²) < 4.78 is 17.8. The van der Waals surface area contributed by atoms with Crippen molar-refractivity contribution in [2.45, 2.75) is 20.3 Å². The normalized spacial score (nSPS) is 10.7. The lowest BCUT2D eigenvalue weighted by molar-refractivity contribution is 0.317. The highest BCUT2D eigenvalue weighted by Gasteiger charge is 2.08. The van der Waals surface area contributed by atoms with Crippen LogP contribution in [-0.4, -0.2) is 13.3 Å². The molecule has 3 heteroatoms. The second-order valence-electron chi connectivity index (χ2n) is 3.41. The Balaban J connectivity index is 2.78. The van der Waals surface area contributed by atoms with Crippen LogP contribution < -0.4 is 4.74 Å². The standard InChI is InChI=1S/C12H15ClFO/c1-3-6-15-12-5-4-10(7-11(12)13)9(2)8-14/h4-5,7H,3,6,8H2,1-2H3. The molecule has 0 saturated heterocycles. The molecule has 1 radical (unpaired) electrons. The highest BCUT2D eigenvalue weighted by molar-refractivity contribution is 6.32. The first-order valence-electron chi connectivity index (χ1n) is 5.00. The van der Waals surface area contributed by atoms with Crippen LogP contribution in [0, 0.1) is 5.92 Å². The quantitative estimate of drug-likeness (QED) is 0.741. The summed E-state index contributed by atoms with van der Waals surface area (Å²) in [6, 6.07) is 5.35. The van der Waals surface area contributed by atoms with Crippen molar-refractivity contribution in [3.8, 4) is 5.75 Å². The van der Waals surface area contributed by atoms with Crippen LogP contribution >= 0.6 is 11.6 Å². The van der Waals surface area contributed by atoms with E-state index in [0.29, 0.717) is 23.3 Å². The molecular formula is C12H15ClFO. The second kappa shape index (κ2) is 5.96. The zero-order valence-corrected chi connectivity index (χ0v) is 9.77. The first-order chi connectivity index (χ1) is 7.19. The van der Waals surface area contributed by atoms with E-state index < -0.39 is 6.67 Å². The maximum atomic E-state index is 12.4. The minimum Gasteiger partial charge on any atom is -0.492 e. The molecule has 83 valence electrons. The van der Waals surface area contributed by atoms with E-state index in [1.165, 1.54) is 0 Å². The number of rotatable bonds is 5. The predicted molar refractivity (Wildman–Crippen MR) is 61.2 cm³/mol. The van der Waals surface area contributed by atoms with Gasteiger partial charge in [-0.3, -0.25) is 4.39 Å². The van der Waals surface area contributed by atoms with Gasteiger partial charge in [0.25, 0.3) is 0 Å². The molecule has 0 aromatic heterocycles. The number of ether oxygens (including phenoxy) is 1. The zero-order chi connectivity index (χ0) is 11.3. The van der Waals surface area contributed by atoms with E-state index in [9.17, 15) is 4.39 Å². The largest absolute Gasteiger partial charge is 0.492 e. The fourth-order valence-corrected chi connectivity index (χ4v) is 1.41. The Morgan fingerprint density at radius 1 is 1.47 bits per heavy atom. The molecule has 0 heterocycles. The van der Waals surface area contributed by atoms with Crippen LogP contribution in [0.15, 0.2) is 18.2 Å². The second-order valence-corrected chi connectivity index (χ2v) is 3.81. The summed E-state index contributed by atoms with van der Waals surface area (Å²) in [5, 5.41) is 0.536. The monoisotopic (exact) mass is 229 g/mol. The third kappa shape index (κ3) is 3.38. The minimum absolute atomic E-state index is 0.453. The van der Waals surface area contributed by atoms with Crippen molar-refractivity contribution in [2.24, 2.45) is 0 Å². The van der Waals surface area contributed by atoms with Crippen LogP contribution in [0.3, 0.4) is 0 Å². The van der Waals surface area contributed by atoms with Crippen LogP contribution in [0.2, 0.25) is 5.02 Å². The molecule has 1 rings (SSSR count). The van der Waals surface area contributed by atoms with Gasteiger partial charge in [-0.05, 0) is 24.1 Å². The molecule has 0 aliphatic heterocycles. The maximum Gasteiger partial charge on any atom is 0.137 e. The van der Waals surface area contributed by atoms with Crippen molar-refractivity contribution < 1.29 is 9.13 Å². The van der Waals surface area contributed by atoms with E-state index in [0.717, 1.165) is 12.0 Å². The van der Waals surface area contributed by atoms with E-state index in [4.69, 9.17) is 16.3 Å². The third-order valence-corrected chi connectivity index (χ3v) is 2.38. The molecule has 0 spiro atoms. The van der Waals surface area contributed by atoms with Crippen LogP contribution in [0.5, 0.6) is 5.75 Å². The van der Waals surface area contributed by atoms with Gasteiger partial charge in [0.2, 0.25) is 0 Å². The number of hydrogen-bond acceptors (Lipinski definition) is 1. The Morgan fingerprint density at radius 2 is 2.20 bits per heavy atom. The van der Waals surface area contributed by atoms with Gasteiger partial charge in [-0.15, -0.1) is 0 Å². The van der Waals surface area contributed by atoms with E-state index in [2.05, 4.69) is 0 Å². The molecule has 0 saturated carbocycles. The average Bonchev–Trinajstić information content (AvgIpc) is 2.26. The lowest BCUT2D eigenvalue weighted by Crippen LogP contribution is -1.99. The van der Waals surface area contributed by atoms with Crippen LogP contribution in [0.4, 0.5) is 4.39 Å². The summed E-state index contributed by atoms with van der Waals surface area (Å²) >= 11 is 6.01. The molecule has 0 bridgehead atoms. The summed E-state index contributed by atoms with van der Waals surface area (Å²) in [7, 11) is 0. The van der Waals surface area contributed by atoms with E-state index in [1.807, 2.05) is 13.0 Å². The average molecular weight is 230 g/mol. The molecule has 0 N–H and O–H groups in total. The van der Waals surface area contributed by atoms with Gasteiger partial charge in [-0.2, -0.15) is 0 Å². The molecule has 0 unspecified atom stereocenters. The van der Waals surface area contributed by atoms with Crippen molar-refractivity contribution in [1.29, 1.82) is 0 Å². The van der Waals surface area contributed by atoms with Crippen molar-refractivity contribution in [3.05, 3.63) is 34.7 Å². The molecule has 1 aromatic carbocycles. The van der Waals surface area contributed by atoms with E-state index >= 15 is 0 Å². The van der Waals surface area contributed by atoms with Gasteiger partial charge in [0.1, 0.15) is 5.75 Å². The van der Waals surface area contributed by atoms with Gasteiger partial charge in [0, 0.05) is 5.92 Å². The van der Waals surface area contributed by atoms with Gasteiger partial charge in [-0.1, -0.05) is 31.5 Å². The lowest BCUT2D eigenvalue weighted by atomic mass is 10.0. The fraction of sp³-hybridized carbons (Fsp3) is 0.417. The number of halogens is 2. The van der Waals surface area contributed by atoms with Gasteiger partial charge >= 0.3 is 0 Å². The Kier molecular flexibility index (Phi) is 4.89. The summed E-state index contributed by atoms with van der Waals surface area (Å²) in [5.74, 6) is 1.34. The first-order valence-corrected chi connectivity index (χ1v) is 5.38. The Bertz CT molecular complexity index is 314. The van der Waals surface area contributed by atoms with Crippen molar-refractivity contribution >= 4 is 11.6 Å². The summed E-state index contributed by atoms with van der Waals surface area (Å²) in [5.41, 5.74) is 0.825. The highest BCUT2D eigenvalue weighted by Crippen LogP contribution is 2.28. The number of benzene rings is 1. The predicted octanol–water partition coefficient (Wildman–Crippen LogP) is 4.04. The molecule has 0 aliphatic rings. The smallest absolute Gasteiger partial charge is 0.137 e. The Labute approximate surface area is 95.2 Å². The summed E-state index contributed by atoms with van der Waals surface area (Å²) in [6.07, 6.45) is 0.938. The van der Waals surface area contributed by atoms with Gasteiger partial charge < -0.3 is 4.74 Å². The van der Waals surface area contributed by atoms with Crippen LogP contribution in [-0.2, 0) is 0 Å². The molecule has 1 aromatic rings. The summed E-state index contributed by atoms with van der Waals surface area (Å²) in [6.45, 7) is 3.97. The van der Waals surface area contributed by atoms with Gasteiger partial charge in [0.05, 0.1) is 18.3 Å². The van der Waals surface area contributed by atoms with Gasteiger partial charge in [0.15, 0.2) is 0 Å². The zero-order valence-electron chi connectivity index (χ0n) is 9.02. The lowest BCUT2D eigenvalue weighted by Gasteiger charge is -2.10. The Hall–Kier alpha value is -0.760. The highest BCUT2D eigenvalue weighted by atomic mass is 35.5. The SMILES string of the molecule is CCCOc1ccc([C](C)CF)cc1Cl. The topological polar surface area (TPSA) is 9.23 Å². The molecular weight excluding hydrogens is 215 g/mol. The molecule has 0 fully saturated rings. The molecule has 1 nitrogen and oxygen atoms in total. The van der Waals surface area contributed by atoms with E-state index in [-0.39, 0.29) is 0 Å². The molecule has 0 amide bonds. The number of alkyl halides is 1. The summed E-state index contributed by atoms with van der Waals surface area (Å²) in [4.78, 5) is 0. The minimum atomic E-state index is -0.453. The van der Waals surface area contributed by atoms with Crippen molar-refractivity contribution in [2.75, 3.05) is 13.3 Å². The number of hydrogen-bond donors (Lipinski definition) is 0. The van der Waals surface area contributed by atoms with Gasteiger partial charge in [-0.25, -0.2) is 0 Å². The first kappa shape index (κ1) is 12.3. The molecule has 0 atom stereocenters. The molecule has 15 heavy (non-hydrogen) atoms.